The first-order valence-electron chi connectivity index (χ1n) is 9.04. The number of nitriles is 1. The molecule has 1 aliphatic heterocycles. The number of methoxy groups -OCH3 is 1. The lowest BCUT2D eigenvalue weighted by Gasteiger charge is -2.60. The minimum absolute atomic E-state index is 0.0314. The van der Waals surface area contributed by atoms with Crippen molar-refractivity contribution >= 4 is 0 Å². The van der Waals surface area contributed by atoms with E-state index in [9.17, 15) is 10.4 Å². The highest BCUT2D eigenvalue weighted by molar-refractivity contribution is 5.51. The fourth-order valence-corrected chi connectivity index (χ4v) is 5.00. The third-order valence-electron chi connectivity index (χ3n) is 6.58. The third kappa shape index (κ3) is 2.14. The Bertz CT molecular complexity index is 903. The Labute approximate surface area is 154 Å². The van der Waals surface area contributed by atoms with Gasteiger partial charge in [-0.2, -0.15) is 5.26 Å². The quantitative estimate of drug-likeness (QED) is 0.906. The monoisotopic (exact) mass is 348 g/mol. The van der Waals surface area contributed by atoms with E-state index in [1.54, 1.807) is 13.2 Å². The van der Waals surface area contributed by atoms with Gasteiger partial charge in [0, 0.05) is 11.5 Å². The molecule has 1 heterocycles. The lowest BCUT2D eigenvalue weighted by Crippen LogP contribution is -2.67. The molecule has 0 unspecified atom stereocenters. The first-order valence-corrected chi connectivity index (χ1v) is 9.04. The fourth-order valence-electron chi connectivity index (χ4n) is 5.00. The molecule has 0 aromatic heterocycles. The zero-order valence-electron chi connectivity index (χ0n) is 15.5. The van der Waals surface area contributed by atoms with Gasteiger partial charge in [-0.3, -0.25) is 4.90 Å². The molecule has 0 amide bonds. The number of hydrogen-bond acceptors (Lipinski definition) is 4. The van der Waals surface area contributed by atoms with Crippen molar-refractivity contribution in [3.8, 4) is 11.8 Å². The van der Waals surface area contributed by atoms with E-state index >= 15 is 0 Å². The third-order valence-corrected chi connectivity index (χ3v) is 6.58. The van der Waals surface area contributed by atoms with Crippen LogP contribution in [-0.2, 0) is 17.4 Å². The molecule has 2 aliphatic rings. The summed E-state index contributed by atoms with van der Waals surface area (Å²) in [6, 6.07) is 15.8. The predicted molar refractivity (Wildman–Crippen MR) is 100 cm³/mol. The molecule has 0 radical (unpaired) electrons. The van der Waals surface area contributed by atoms with Crippen LogP contribution in [0.4, 0.5) is 0 Å². The molecule has 2 bridgehead atoms. The topological polar surface area (TPSA) is 56.5 Å². The van der Waals surface area contributed by atoms with Crippen LogP contribution in [0.3, 0.4) is 0 Å². The van der Waals surface area contributed by atoms with Crippen LogP contribution in [0.15, 0.2) is 42.5 Å². The molecule has 26 heavy (non-hydrogen) atoms. The minimum atomic E-state index is -1.06. The van der Waals surface area contributed by atoms with Crippen molar-refractivity contribution in [3.63, 3.8) is 0 Å². The maximum atomic E-state index is 12.2. The molecule has 4 heteroatoms. The average Bonchev–Trinajstić information content (AvgIpc) is 2.67. The molecule has 2 aromatic carbocycles. The van der Waals surface area contributed by atoms with Crippen LogP contribution in [0, 0.1) is 11.3 Å². The molecule has 1 fully saturated rings. The van der Waals surface area contributed by atoms with Gasteiger partial charge < -0.3 is 9.84 Å². The number of likely N-dealkylation sites (N-methyl/N-ethyl adjacent to an activating group) is 1. The van der Waals surface area contributed by atoms with Gasteiger partial charge in [-0.05, 0) is 67.4 Å². The van der Waals surface area contributed by atoms with E-state index in [1.807, 2.05) is 24.3 Å². The maximum Gasteiger partial charge on any atom is 0.119 e. The van der Waals surface area contributed by atoms with Crippen LogP contribution in [0.5, 0.6) is 5.75 Å². The van der Waals surface area contributed by atoms with Gasteiger partial charge in [0.25, 0.3) is 0 Å². The number of ether oxygens (including phenoxy) is 1. The van der Waals surface area contributed by atoms with E-state index < -0.39 is 11.0 Å². The van der Waals surface area contributed by atoms with Gasteiger partial charge in [-0.15, -0.1) is 0 Å². The number of fused-ring (bicyclic) bond motifs is 4. The number of piperidine rings is 1. The summed E-state index contributed by atoms with van der Waals surface area (Å²) in [5.41, 5.74) is 2.32. The summed E-state index contributed by atoms with van der Waals surface area (Å²) in [6.45, 7) is 3.08. The van der Waals surface area contributed by atoms with E-state index in [1.165, 1.54) is 5.56 Å². The Morgan fingerprint density at radius 2 is 2.08 bits per heavy atom. The molecular weight excluding hydrogens is 324 g/mol. The fraction of sp³-hybridized carbons (Fsp3) is 0.409. The van der Waals surface area contributed by atoms with E-state index in [0.29, 0.717) is 5.56 Å². The summed E-state index contributed by atoms with van der Waals surface area (Å²) in [6.07, 6.45) is 1.62. The molecule has 2 aromatic rings. The number of aliphatic hydroxyl groups is 1. The zero-order valence-corrected chi connectivity index (χ0v) is 15.5. The van der Waals surface area contributed by atoms with Crippen LogP contribution in [-0.4, -0.2) is 36.8 Å². The first kappa shape index (κ1) is 17.1. The number of hydrogen-bond donors (Lipinski definition) is 1. The Morgan fingerprint density at radius 1 is 1.27 bits per heavy atom. The molecule has 3 atom stereocenters. The molecule has 1 saturated heterocycles. The van der Waals surface area contributed by atoms with Crippen molar-refractivity contribution in [3.05, 3.63) is 64.7 Å². The van der Waals surface area contributed by atoms with Gasteiger partial charge in [0.15, 0.2) is 0 Å². The smallest absolute Gasteiger partial charge is 0.119 e. The summed E-state index contributed by atoms with van der Waals surface area (Å²) in [7, 11) is 3.75. The Kier molecular flexibility index (Phi) is 3.83. The highest BCUT2D eigenvalue weighted by Gasteiger charge is 2.60. The summed E-state index contributed by atoms with van der Waals surface area (Å²) < 4.78 is 5.46. The van der Waals surface area contributed by atoms with E-state index in [2.05, 4.69) is 37.1 Å². The van der Waals surface area contributed by atoms with Crippen LogP contribution in [0.1, 0.15) is 35.6 Å². The lowest BCUT2D eigenvalue weighted by atomic mass is 9.53. The maximum absolute atomic E-state index is 12.2. The molecule has 0 spiro atoms. The van der Waals surface area contributed by atoms with Crippen molar-refractivity contribution in [1.29, 1.82) is 5.26 Å². The largest absolute Gasteiger partial charge is 0.497 e. The summed E-state index contributed by atoms with van der Waals surface area (Å²) in [4.78, 5) is 2.26. The van der Waals surface area contributed by atoms with E-state index in [0.717, 1.165) is 36.3 Å². The van der Waals surface area contributed by atoms with E-state index in [4.69, 9.17) is 4.74 Å². The molecule has 4 rings (SSSR count). The second-order valence-corrected chi connectivity index (χ2v) is 7.76. The summed E-state index contributed by atoms with van der Waals surface area (Å²) >= 11 is 0. The SMILES string of the molecule is COc1ccc2c(c1)[C@@]1(C)CCN(C)[C@H](C2)[C@@]1(O)c1cccc(C#N)c1. The Balaban J connectivity index is 1.97. The highest BCUT2D eigenvalue weighted by Crippen LogP contribution is 2.56. The van der Waals surface area contributed by atoms with Gasteiger partial charge in [0.2, 0.25) is 0 Å². The predicted octanol–water partition coefficient (Wildman–Crippen LogP) is 2.97. The van der Waals surface area contributed by atoms with Crippen molar-refractivity contribution in [1.82, 2.24) is 4.90 Å². The second kappa shape index (κ2) is 5.84. The molecule has 0 saturated carbocycles. The standard InChI is InChI=1S/C22H24N2O2/c1-21-9-10-24(2)20(12-16-7-8-18(26-3)13-19(16)21)22(21,25)17-6-4-5-15(11-17)14-23/h4-8,11,13,20,25H,9-10,12H2,1-3H3/t20-,21-,22+/m1/s1. The number of likely N-dealkylation sites (tertiary alicyclic amines) is 1. The summed E-state index contributed by atoms with van der Waals surface area (Å²) in [5.74, 6) is 0.815. The molecule has 1 aliphatic carbocycles. The van der Waals surface area contributed by atoms with Crippen molar-refractivity contribution in [2.45, 2.75) is 36.8 Å². The average molecular weight is 348 g/mol. The molecular formula is C22H24N2O2. The van der Waals surface area contributed by atoms with Crippen molar-refractivity contribution < 1.29 is 9.84 Å². The second-order valence-electron chi connectivity index (χ2n) is 7.76. The van der Waals surface area contributed by atoms with Gasteiger partial charge in [-0.25, -0.2) is 0 Å². The highest BCUT2D eigenvalue weighted by atomic mass is 16.5. The normalized spacial score (nSPS) is 30.3. The van der Waals surface area contributed by atoms with Crippen LogP contribution < -0.4 is 4.74 Å². The number of benzene rings is 2. The molecule has 134 valence electrons. The Morgan fingerprint density at radius 3 is 2.81 bits per heavy atom. The van der Waals surface area contributed by atoms with Crippen molar-refractivity contribution in [2.24, 2.45) is 0 Å². The number of nitrogens with zero attached hydrogens (tertiary/aromatic N) is 2. The van der Waals surface area contributed by atoms with Gasteiger partial charge >= 0.3 is 0 Å². The molecule has 4 nitrogen and oxygen atoms in total. The van der Waals surface area contributed by atoms with Gasteiger partial charge in [0.05, 0.1) is 18.7 Å². The van der Waals surface area contributed by atoms with E-state index in [-0.39, 0.29) is 6.04 Å². The first-order chi connectivity index (χ1) is 12.4. The van der Waals surface area contributed by atoms with Crippen LogP contribution in [0.2, 0.25) is 0 Å². The van der Waals surface area contributed by atoms with Crippen LogP contribution in [0.25, 0.3) is 0 Å². The summed E-state index contributed by atoms with van der Waals surface area (Å²) in [5, 5.41) is 21.5. The zero-order chi connectivity index (χ0) is 18.5. The van der Waals surface area contributed by atoms with Crippen LogP contribution >= 0.6 is 0 Å². The van der Waals surface area contributed by atoms with Crippen molar-refractivity contribution in [2.75, 3.05) is 20.7 Å². The minimum Gasteiger partial charge on any atom is -0.497 e. The van der Waals surface area contributed by atoms with Gasteiger partial charge in [-0.1, -0.05) is 25.1 Å². The van der Waals surface area contributed by atoms with Gasteiger partial charge in [0.1, 0.15) is 11.4 Å². The lowest BCUT2D eigenvalue weighted by molar-refractivity contribution is -0.141. The molecule has 1 N–H and O–H groups in total. The Hall–Kier alpha value is -2.35. The number of rotatable bonds is 2.